The van der Waals surface area contributed by atoms with Gasteiger partial charge in [0.15, 0.2) is 0 Å². The minimum Gasteiger partial charge on any atom is -0.423 e. The summed E-state index contributed by atoms with van der Waals surface area (Å²) in [5, 5.41) is 19.8. The van der Waals surface area contributed by atoms with Crippen LogP contribution in [0.3, 0.4) is 0 Å². The van der Waals surface area contributed by atoms with Crippen LogP contribution in [0.25, 0.3) is 22.2 Å². The Bertz CT molecular complexity index is 1140. The second-order valence-electron chi connectivity index (χ2n) is 7.24. The van der Waals surface area contributed by atoms with Crippen molar-refractivity contribution in [2.75, 3.05) is 0 Å². The summed E-state index contributed by atoms with van der Waals surface area (Å²) in [5.74, 6) is -0.957. The third kappa shape index (κ3) is 4.13. The molecule has 0 aliphatic carbocycles. The molecule has 7 heteroatoms. The first-order valence-electron chi connectivity index (χ1n) is 9.52. The highest BCUT2D eigenvalue weighted by molar-refractivity contribution is 6.58. The zero-order chi connectivity index (χ0) is 21.3. The first-order chi connectivity index (χ1) is 14.3. The van der Waals surface area contributed by atoms with E-state index in [-0.39, 0.29) is 5.46 Å². The smallest absolute Gasteiger partial charge is 0.423 e. The van der Waals surface area contributed by atoms with Crippen molar-refractivity contribution in [3.63, 3.8) is 0 Å². The molecule has 1 atom stereocenters. The maximum atomic E-state index is 13.6. The molecule has 0 fully saturated rings. The standard InChI is InChI=1S/C23H19BF3NO2/c25-23(26,27)14-19(15-7-3-1-4-8-15)21-18-13-17(24(29)30)11-12-20(18)28-22(21)16-9-5-2-6-10-16/h1-13,19,28-30H,14H2. The zero-order valence-electron chi connectivity index (χ0n) is 15.9. The molecular formula is C23H19BF3NO2. The second-order valence-corrected chi connectivity index (χ2v) is 7.24. The van der Waals surface area contributed by atoms with E-state index in [0.29, 0.717) is 27.7 Å². The number of alkyl halides is 3. The Balaban J connectivity index is 2.02. The Morgan fingerprint density at radius 1 is 0.867 bits per heavy atom. The van der Waals surface area contributed by atoms with Crippen LogP contribution >= 0.6 is 0 Å². The number of aromatic amines is 1. The quantitative estimate of drug-likeness (QED) is 0.422. The molecule has 1 unspecified atom stereocenters. The van der Waals surface area contributed by atoms with E-state index in [2.05, 4.69) is 4.98 Å². The van der Waals surface area contributed by atoms with Crippen molar-refractivity contribution in [1.29, 1.82) is 0 Å². The summed E-state index contributed by atoms with van der Waals surface area (Å²) in [7, 11) is -1.71. The van der Waals surface area contributed by atoms with Crippen LogP contribution in [0.5, 0.6) is 0 Å². The second kappa shape index (κ2) is 8.01. The molecule has 0 radical (unpaired) electrons. The topological polar surface area (TPSA) is 56.2 Å². The van der Waals surface area contributed by atoms with Gasteiger partial charge in [-0.1, -0.05) is 72.8 Å². The number of hydrogen-bond acceptors (Lipinski definition) is 2. The van der Waals surface area contributed by atoms with E-state index in [4.69, 9.17) is 0 Å². The summed E-state index contributed by atoms with van der Waals surface area (Å²) in [4.78, 5) is 3.25. The fraction of sp³-hybridized carbons (Fsp3) is 0.130. The summed E-state index contributed by atoms with van der Waals surface area (Å²) in [6.07, 6.45) is -5.41. The minimum absolute atomic E-state index is 0.223. The Morgan fingerprint density at radius 2 is 1.50 bits per heavy atom. The van der Waals surface area contributed by atoms with Gasteiger partial charge < -0.3 is 15.0 Å². The number of rotatable bonds is 5. The van der Waals surface area contributed by atoms with Gasteiger partial charge in [0.2, 0.25) is 0 Å². The fourth-order valence-electron chi connectivity index (χ4n) is 3.89. The summed E-state index contributed by atoms with van der Waals surface area (Å²) < 4.78 is 40.9. The van der Waals surface area contributed by atoms with Crippen molar-refractivity contribution in [1.82, 2.24) is 4.98 Å². The first kappa shape index (κ1) is 20.3. The van der Waals surface area contributed by atoms with Gasteiger partial charge in [0.05, 0.1) is 12.1 Å². The first-order valence-corrected chi connectivity index (χ1v) is 9.52. The van der Waals surface area contributed by atoms with E-state index in [1.807, 2.05) is 30.3 Å². The number of aromatic nitrogens is 1. The maximum absolute atomic E-state index is 13.6. The predicted octanol–water partition coefficient (Wildman–Crippen LogP) is 4.60. The lowest BCUT2D eigenvalue weighted by Gasteiger charge is -2.21. The highest BCUT2D eigenvalue weighted by Crippen LogP contribution is 2.43. The lowest BCUT2D eigenvalue weighted by atomic mass is 9.78. The molecule has 152 valence electrons. The maximum Gasteiger partial charge on any atom is 0.488 e. The largest absolute Gasteiger partial charge is 0.488 e. The third-order valence-electron chi connectivity index (χ3n) is 5.21. The SMILES string of the molecule is OB(O)c1ccc2[nH]c(-c3ccccc3)c(C(CC(F)(F)F)c3ccccc3)c2c1. The van der Waals surface area contributed by atoms with E-state index in [1.165, 1.54) is 0 Å². The van der Waals surface area contributed by atoms with Crippen molar-refractivity contribution in [3.8, 4) is 11.3 Å². The fourth-order valence-corrected chi connectivity index (χ4v) is 3.89. The molecule has 1 aromatic heterocycles. The van der Waals surface area contributed by atoms with E-state index in [0.717, 1.165) is 5.56 Å². The highest BCUT2D eigenvalue weighted by atomic mass is 19.4. The molecule has 0 amide bonds. The summed E-state index contributed by atoms with van der Waals surface area (Å²) in [5.41, 5.74) is 3.24. The molecule has 0 spiro atoms. The number of hydrogen-bond donors (Lipinski definition) is 3. The summed E-state index contributed by atoms with van der Waals surface area (Å²) in [6, 6.07) is 22.5. The lowest BCUT2D eigenvalue weighted by Crippen LogP contribution is -2.29. The van der Waals surface area contributed by atoms with Gasteiger partial charge >= 0.3 is 13.3 Å². The van der Waals surface area contributed by atoms with Crippen LogP contribution in [0, 0.1) is 0 Å². The van der Waals surface area contributed by atoms with Crippen LogP contribution < -0.4 is 5.46 Å². The van der Waals surface area contributed by atoms with Gasteiger partial charge in [0.1, 0.15) is 0 Å². The molecular weight excluding hydrogens is 390 g/mol. The van der Waals surface area contributed by atoms with E-state index in [9.17, 15) is 23.2 Å². The predicted molar refractivity (Wildman–Crippen MR) is 113 cm³/mol. The van der Waals surface area contributed by atoms with Gasteiger partial charge in [0, 0.05) is 16.8 Å². The van der Waals surface area contributed by atoms with Crippen LogP contribution in [-0.2, 0) is 0 Å². The molecule has 30 heavy (non-hydrogen) atoms. The average molecular weight is 409 g/mol. The van der Waals surface area contributed by atoms with Gasteiger partial charge in [-0.05, 0) is 28.2 Å². The van der Waals surface area contributed by atoms with E-state index < -0.39 is 25.6 Å². The Labute approximate surface area is 172 Å². The minimum atomic E-state index is -4.38. The van der Waals surface area contributed by atoms with Gasteiger partial charge in [-0.15, -0.1) is 0 Å². The van der Waals surface area contributed by atoms with Crippen molar-refractivity contribution in [3.05, 3.63) is 90.0 Å². The Morgan fingerprint density at radius 3 is 2.10 bits per heavy atom. The molecule has 0 bridgehead atoms. The molecule has 0 aliphatic heterocycles. The molecule has 3 N–H and O–H groups in total. The van der Waals surface area contributed by atoms with Crippen LogP contribution in [-0.4, -0.2) is 28.3 Å². The van der Waals surface area contributed by atoms with Crippen molar-refractivity contribution >= 4 is 23.5 Å². The van der Waals surface area contributed by atoms with E-state index in [1.54, 1.807) is 48.5 Å². The van der Waals surface area contributed by atoms with Crippen LogP contribution in [0.1, 0.15) is 23.5 Å². The van der Waals surface area contributed by atoms with Crippen molar-refractivity contribution in [2.45, 2.75) is 18.5 Å². The van der Waals surface area contributed by atoms with Gasteiger partial charge in [0.25, 0.3) is 0 Å². The van der Waals surface area contributed by atoms with Gasteiger partial charge in [-0.3, -0.25) is 0 Å². The number of nitrogens with one attached hydrogen (secondary N) is 1. The zero-order valence-corrected chi connectivity index (χ0v) is 15.9. The van der Waals surface area contributed by atoms with Gasteiger partial charge in [-0.2, -0.15) is 13.2 Å². The van der Waals surface area contributed by atoms with Crippen LogP contribution in [0.2, 0.25) is 0 Å². The Hall–Kier alpha value is -3.03. The molecule has 1 heterocycles. The molecule has 0 aliphatic rings. The molecule has 3 nitrogen and oxygen atoms in total. The molecule has 3 aromatic carbocycles. The lowest BCUT2D eigenvalue weighted by molar-refractivity contribution is -0.136. The van der Waals surface area contributed by atoms with Crippen LogP contribution in [0.15, 0.2) is 78.9 Å². The van der Waals surface area contributed by atoms with Crippen molar-refractivity contribution < 1.29 is 23.2 Å². The number of benzene rings is 3. The summed E-state index contributed by atoms with van der Waals surface area (Å²) in [6.45, 7) is 0. The van der Waals surface area contributed by atoms with Gasteiger partial charge in [-0.25, -0.2) is 0 Å². The number of fused-ring (bicyclic) bond motifs is 1. The third-order valence-corrected chi connectivity index (χ3v) is 5.21. The van der Waals surface area contributed by atoms with E-state index >= 15 is 0 Å². The molecule has 4 rings (SSSR count). The molecule has 4 aromatic rings. The highest BCUT2D eigenvalue weighted by Gasteiger charge is 2.36. The van der Waals surface area contributed by atoms with Crippen LogP contribution in [0.4, 0.5) is 13.2 Å². The average Bonchev–Trinajstić information content (AvgIpc) is 3.11. The number of halogens is 3. The Kier molecular flexibility index (Phi) is 5.41. The normalized spacial score (nSPS) is 12.8. The molecule has 0 saturated heterocycles. The molecule has 0 saturated carbocycles. The van der Waals surface area contributed by atoms with Crippen molar-refractivity contribution in [2.24, 2.45) is 0 Å². The monoisotopic (exact) mass is 409 g/mol. The summed E-state index contributed by atoms with van der Waals surface area (Å²) >= 11 is 0. The number of H-pyrrole nitrogens is 1.